The van der Waals surface area contributed by atoms with Crippen LogP contribution in [-0.2, 0) is 6.42 Å². The van der Waals surface area contributed by atoms with E-state index in [1.54, 1.807) is 0 Å². The van der Waals surface area contributed by atoms with Crippen LogP contribution in [0, 0.1) is 18.8 Å². The Morgan fingerprint density at radius 3 is 2.72 bits per heavy atom. The molecule has 2 nitrogen and oxygen atoms in total. The van der Waals surface area contributed by atoms with Crippen molar-refractivity contribution in [2.24, 2.45) is 11.8 Å². The molecule has 1 N–H and O–H groups in total. The third kappa shape index (κ3) is 3.81. The average molecular weight is 246 g/mol. The fourth-order valence-corrected chi connectivity index (χ4v) is 2.57. The highest BCUT2D eigenvalue weighted by atomic mass is 14.9. The Kier molecular flexibility index (Phi) is 4.76. The minimum Gasteiger partial charge on any atom is -0.313 e. The van der Waals surface area contributed by atoms with E-state index in [-0.39, 0.29) is 0 Å². The largest absolute Gasteiger partial charge is 0.313 e. The number of hydrogen-bond donors (Lipinski definition) is 1. The number of rotatable bonds is 7. The molecule has 0 aromatic carbocycles. The molecule has 1 saturated carbocycles. The van der Waals surface area contributed by atoms with Gasteiger partial charge < -0.3 is 5.32 Å². The van der Waals surface area contributed by atoms with Crippen molar-refractivity contribution in [1.82, 2.24) is 10.3 Å². The quantitative estimate of drug-likeness (QED) is 0.798. The first-order valence-corrected chi connectivity index (χ1v) is 7.35. The van der Waals surface area contributed by atoms with Crippen molar-refractivity contribution in [1.29, 1.82) is 0 Å². The molecule has 2 heteroatoms. The minimum absolute atomic E-state index is 0.590. The predicted molar refractivity (Wildman–Crippen MR) is 76.6 cm³/mol. The molecule has 1 fully saturated rings. The fourth-order valence-electron chi connectivity index (χ4n) is 2.57. The predicted octanol–water partition coefficient (Wildman–Crippen LogP) is 3.35. The summed E-state index contributed by atoms with van der Waals surface area (Å²) in [7, 11) is 0. The van der Waals surface area contributed by atoms with E-state index in [2.05, 4.69) is 43.2 Å². The minimum atomic E-state index is 0.590. The summed E-state index contributed by atoms with van der Waals surface area (Å²) in [5, 5.41) is 3.71. The first-order chi connectivity index (χ1) is 8.70. The number of aryl methyl sites for hydroxylation is 1. The Bertz CT molecular complexity index is 354. The lowest BCUT2D eigenvalue weighted by molar-refractivity contribution is 0.337. The van der Waals surface area contributed by atoms with Crippen molar-refractivity contribution in [2.45, 2.75) is 52.5 Å². The van der Waals surface area contributed by atoms with Gasteiger partial charge in [-0.1, -0.05) is 19.9 Å². The summed E-state index contributed by atoms with van der Waals surface area (Å²) in [6.45, 7) is 7.85. The highest BCUT2D eigenvalue weighted by Gasteiger charge is 2.33. The third-order valence-electron chi connectivity index (χ3n) is 4.06. The summed E-state index contributed by atoms with van der Waals surface area (Å²) in [6, 6.07) is 4.93. The van der Waals surface area contributed by atoms with Crippen molar-refractivity contribution in [3.8, 4) is 0 Å². The van der Waals surface area contributed by atoms with Gasteiger partial charge in [0.15, 0.2) is 0 Å². The van der Waals surface area contributed by atoms with E-state index in [0.29, 0.717) is 6.04 Å². The van der Waals surface area contributed by atoms with Crippen LogP contribution in [0.1, 0.15) is 44.4 Å². The van der Waals surface area contributed by atoms with E-state index >= 15 is 0 Å². The second kappa shape index (κ2) is 6.33. The van der Waals surface area contributed by atoms with Crippen molar-refractivity contribution in [3.63, 3.8) is 0 Å². The topological polar surface area (TPSA) is 24.9 Å². The van der Waals surface area contributed by atoms with Crippen LogP contribution in [0.15, 0.2) is 18.3 Å². The summed E-state index contributed by atoms with van der Waals surface area (Å²) in [4.78, 5) is 4.55. The van der Waals surface area contributed by atoms with Crippen LogP contribution in [-0.4, -0.2) is 17.6 Å². The maximum Gasteiger partial charge on any atom is 0.0419 e. The monoisotopic (exact) mass is 246 g/mol. The van der Waals surface area contributed by atoms with Crippen LogP contribution in [0.5, 0.6) is 0 Å². The second-order valence-electron chi connectivity index (χ2n) is 5.79. The highest BCUT2D eigenvalue weighted by molar-refractivity contribution is 5.13. The van der Waals surface area contributed by atoms with Gasteiger partial charge in [0.25, 0.3) is 0 Å². The van der Waals surface area contributed by atoms with E-state index < -0.39 is 0 Å². The Balaban J connectivity index is 1.96. The van der Waals surface area contributed by atoms with Crippen LogP contribution in [0.4, 0.5) is 0 Å². The van der Waals surface area contributed by atoms with E-state index in [0.717, 1.165) is 24.8 Å². The zero-order valence-corrected chi connectivity index (χ0v) is 11.9. The van der Waals surface area contributed by atoms with E-state index in [1.165, 1.54) is 30.5 Å². The molecule has 100 valence electrons. The molecule has 1 aromatic heterocycles. The molecule has 0 amide bonds. The smallest absolute Gasteiger partial charge is 0.0419 e. The molecule has 2 rings (SSSR count). The van der Waals surface area contributed by atoms with Gasteiger partial charge in [-0.3, -0.25) is 4.98 Å². The first kappa shape index (κ1) is 13.5. The molecule has 1 heterocycles. The molecule has 2 unspecified atom stereocenters. The lowest BCUT2D eigenvalue weighted by Crippen LogP contribution is -2.38. The molecule has 0 saturated heterocycles. The molecule has 2 atom stereocenters. The first-order valence-electron chi connectivity index (χ1n) is 7.35. The van der Waals surface area contributed by atoms with Gasteiger partial charge in [0.2, 0.25) is 0 Å². The fraction of sp³-hybridized carbons (Fsp3) is 0.688. The van der Waals surface area contributed by atoms with Gasteiger partial charge in [0, 0.05) is 24.4 Å². The lowest BCUT2D eigenvalue weighted by atomic mass is 9.92. The second-order valence-corrected chi connectivity index (χ2v) is 5.79. The normalized spacial score (nSPS) is 18.6. The summed E-state index contributed by atoms with van der Waals surface area (Å²) in [5.74, 6) is 1.73. The van der Waals surface area contributed by atoms with Gasteiger partial charge in [-0.2, -0.15) is 0 Å². The molecular weight excluding hydrogens is 220 g/mol. The number of aromatic nitrogens is 1. The Labute approximate surface area is 111 Å². The highest BCUT2D eigenvalue weighted by Crippen LogP contribution is 2.38. The molecule has 1 aromatic rings. The standard InChI is InChI=1S/C16H26N2/c1-4-9-17-16(13(3)14-6-7-14)10-15-8-5-12(2)11-18-15/h5,8,11,13-14,16-17H,4,6-7,9-10H2,1-3H3. The average Bonchev–Trinajstić information content (AvgIpc) is 3.20. The van der Waals surface area contributed by atoms with Gasteiger partial charge in [-0.25, -0.2) is 0 Å². The number of hydrogen-bond acceptors (Lipinski definition) is 2. The third-order valence-corrected chi connectivity index (χ3v) is 4.06. The number of pyridine rings is 1. The van der Waals surface area contributed by atoms with Crippen molar-refractivity contribution >= 4 is 0 Å². The van der Waals surface area contributed by atoms with Crippen LogP contribution < -0.4 is 5.32 Å². The van der Waals surface area contributed by atoms with Crippen LogP contribution >= 0.6 is 0 Å². The maximum atomic E-state index is 4.55. The molecular formula is C16H26N2. The lowest BCUT2D eigenvalue weighted by Gasteiger charge is -2.25. The number of nitrogens with one attached hydrogen (secondary N) is 1. The van der Waals surface area contributed by atoms with Gasteiger partial charge >= 0.3 is 0 Å². The van der Waals surface area contributed by atoms with Crippen molar-refractivity contribution < 1.29 is 0 Å². The van der Waals surface area contributed by atoms with Crippen molar-refractivity contribution in [2.75, 3.05) is 6.54 Å². The summed E-state index contributed by atoms with van der Waals surface area (Å²) < 4.78 is 0. The molecule has 0 spiro atoms. The van der Waals surface area contributed by atoms with Crippen LogP contribution in [0.3, 0.4) is 0 Å². The molecule has 18 heavy (non-hydrogen) atoms. The van der Waals surface area contributed by atoms with Gasteiger partial charge in [-0.05, 0) is 56.2 Å². The summed E-state index contributed by atoms with van der Waals surface area (Å²) >= 11 is 0. The van der Waals surface area contributed by atoms with E-state index in [1.807, 2.05) is 6.20 Å². The molecule has 0 aliphatic heterocycles. The Hall–Kier alpha value is -0.890. The van der Waals surface area contributed by atoms with Crippen LogP contribution in [0.25, 0.3) is 0 Å². The van der Waals surface area contributed by atoms with Crippen LogP contribution in [0.2, 0.25) is 0 Å². The summed E-state index contributed by atoms with van der Waals surface area (Å²) in [5.41, 5.74) is 2.47. The zero-order valence-electron chi connectivity index (χ0n) is 11.9. The molecule has 1 aliphatic rings. The van der Waals surface area contributed by atoms with Crippen molar-refractivity contribution in [3.05, 3.63) is 29.6 Å². The van der Waals surface area contributed by atoms with E-state index in [9.17, 15) is 0 Å². The zero-order chi connectivity index (χ0) is 13.0. The van der Waals surface area contributed by atoms with E-state index in [4.69, 9.17) is 0 Å². The molecule has 0 bridgehead atoms. The van der Waals surface area contributed by atoms with Gasteiger partial charge in [0.1, 0.15) is 0 Å². The number of nitrogens with zero attached hydrogens (tertiary/aromatic N) is 1. The van der Waals surface area contributed by atoms with Gasteiger partial charge in [0.05, 0.1) is 0 Å². The molecule has 0 radical (unpaired) electrons. The summed E-state index contributed by atoms with van der Waals surface area (Å²) in [6.07, 6.45) is 7.10. The maximum absolute atomic E-state index is 4.55. The van der Waals surface area contributed by atoms with Gasteiger partial charge in [-0.15, -0.1) is 0 Å². The SMILES string of the molecule is CCCNC(Cc1ccc(C)cn1)C(C)C1CC1. The molecule has 1 aliphatic carbocycles. The Morgan fingerprint density at radius 1 is 1.39 bits per heavy atom. The Morgan fingerprint density at radius 2 is 2.17 bits per heavy atom.